The van der Waals surface area contributed by atoms with Crippen LogP contribution in [0.4, 0.5) is 5.82 Å². The SMILES string of the molecule is NC(=O)c1cccnc1NCCCOCCO. The predicted molar refractivity (Wildman–Crippen MR) is 63.8 cm³/mol. The van der Waals surface area contributed by atoms with Crippen molar-refractivity contribution >= 4 is 11.7 Å². The fourth-order valence-electron chi connectivity index (χ4n) is 1.29. The van der Waals surface area contributed by atoms with Crippen molar-refractivity contribution in [1.29, 1.82) is 0 Å². The van der Waals surface area contributed by atoms with E-state index in [9.17, 15) is 4.79 Å². The van der Waals surface area contributed by atoms with Crippen molar-refractivity contribution in [2.45, 2.75) is 6.42 Å². The third-order valence-corrected chi connectivity index (χ3v) is 2.07. The van der Waals surface area contributed by atoms with Crippen molar-refractivity contribution in [3.8, 4) is 0 Å². The highest BCUT2D eigenvalue weighted by molar-refractivity contribution is 5.97. The van der Waals surface area contributed by atoms with Gasteiger partial charge < -0.3 is 20.9 Å². The van der Waals surface area contributed by atoms with Crippen LogP contribution in [0.2, 0.25) is 0 Å². The van der Waals surface area contributed by atoms with E-state index in [-0.39, 0.29) is 6.61 Å². The minimum absolute atomic E-state index is 0.0273. The number of hydrogen-bond acceptors (Lipinski definition) is 5. The molecule has 0 atom stereocenters. The average Bonchev–Trinajstić information content (AvgIpc) is 2.34. The number of carbonyl (C=O) groups excluding carboxylic acids is 1. The molecule has 17 heavy (non-hydrogen) atoms. The fourth-order valence-corrected chi connectivity index (χ4v) is 1.29. The molecule has 0 fully saturated rings. The molecule has 94 valence electrons. The van der Waals surface area contributed by atoms with E-state index in [0.717, 1.165) is 6.42 Å². The first-order valence-electron chi connectivity index (χ1n) is 5.43. The standard InChI is InChI=1S/C11H17N3O3/c12-10(16)9-3-1-4-13-11(9)14-5-2-7-17-8-6-15/h1,3-4,15H,2,5-8H2,(H2,12,16)(H,13,14). The van der Waals surface area contributed by atoms with Crippen LogP contribution < -0.4 is 11.1 Å². The van der Waals surface area contributed by atoms with Crippen LogP contribution in [0.5, 0.6) is 0 Å². The van der Waals surface area contributed by atoms with Gasteiger partial charge in [0, 0.05) is 19.3 Å². The molecule has 1 heterocycles. The number of ether oxygens (including phenoxy) is 1. The first-order chi connectivity index (χ1) is 8.25. The van der Waals surface area contributed by atoms with Gasteiger partial charge in [0.1, 0.15) is 5.82 Å². The number of nitrogens with zero attached hydrogens (tertiary/aromatic N) is 1. The Morgan fingerprint density at radius 1 is 1.53 bits per heavy atom. The van der Waals surface area contributed by atoms with Gasteiger partial charge in [-0.3, -0.25) is 4.79 Å². The second-order valence-electron chi connectivity index (χ2n) is 3.38. The molecule has 0 aliphatic heterocycles. The summed E-state index contributed by atoms with van der Waals surface area (Å²) in [5, 5.41) is 11.5. The number of aliphatic hydroxyl groups is 1. The summed E-state index contributed by atoms with van der Waals surface area (Å²) >= 11 is 0. The zero-order chi connectivity index (χ0) is 12.5. The molecular formula is C11H17N3O3. The Bertz CT molecular complexity index is 358. The van der Waals surface area contributed by atoms with E-state index in [2.05, 4.69) is 10.3 Å². The summed E-state index contributed by atoms with van der Waals surface area (Å²) in [6.45, 7) is 1.55. The molecule has 6 nitrogen and oxygen atoms in total. The lowest BCUT2D eigenvalue weighted by Crippen LogP contribution is -2.16. The lowest BCUT2D eigenvalue weighted by atomic mass is 10.2. The fraction of sp³-hybridized carbons (Fsp3) is 0.455. The summed E-state index contributed by atoms with van der Waals surface area (Å²) < 4.78 is 5.10. The molecule has 0 aromatic carbocycles. The highest BCUT2D eigenvalue weighted by Crippen LogP contribution is 2.09. The van der Waals surface area contributed by atoms with E-state index in [1.54, 1.807) is 18.3 Å². The van der Waals surface area contributed by atoms with Crippen LogP contribution in [0, 0.1) is 0 Å². The quantitative estimate of drug-likeness (QED) is 0.554. The number of anilines is 1. The summed E-state index contributed by atoms with van der Waals surface area (Å²) in [4.78, 5) is 15.1. The van der Waals surface area contributed by atoms with Crippen LogP contribution >= 0.6 is 0 Å². The lowest BCUT2D eigenvalue weighted by Gasteiger charge is -2.08. The predicted octanol–water partition coefficient (Wildman–Crippen LogP) is -0.00860. The first kappa shape index (κ1) is 13.4. The van der Waals surface area contributed by atoms with Crippen molar-refractivity contribution in [2.24, 2.45) is 5.73 Å². The summed E-state index contributed by atoms with van der Waals surface area (Å²) in [5.74, 6) is -0.0145. The first-order valence-corrected chi connectivity index (χ1v) is 5.43. The van der Waals surface area contributed by atoms with E-state index < -0.39 is 5.91 Å². The molecule has 0 aliphatic rings. The van der Waals surface area contributed by atoms with Gasteiger partial charge in [0.15, 0.2) is 0 Å². The maximum Gasteiger partial charge on any atom is 0.252 e. The van der Waals surface area contributed by atoms with E-state index in [1.807, 2.05) is 0 Å². The minimum Gasteiger partial charge on any atom is -0.394 e. The molecule has 1 aromatic rings. The number of amides is 1. The van der Waals surface area contributed by atoms with Gasteiger partial charge in [0.25, 0.3) is 5.91 Å². The molecule has 1 rings (SSSR count). The van der Waals surface area contributed by atoms with E-state index in [1.165, 1.54) is 0 Å². The van der Waals surface area contributed by atoms with Gasteiger partial charge in [-0.2, -0.15) is 0 Å². The molecule has 0 saturated heterocycles. The highest BCUT2D eigenvalue weighted by atomic mass is 16.5. The number of aromatic nitrogens is 1. The van der Waals surface area contributed by atoms with Gasteiger partial charge >= 0.3 is 0 Å². The summed E-state index contributed by atoms with van der Waals surface area (Å²) in [6, 6.07) is 3.29. The molecule has 0 unspecified atom stereocenters. The number of hydrogen-bond donors (Lipinski definition) is 3. The number of primary amides is 1. The van der Waals surface area contributed by atoms with Gasteiger partial charge in [-0.25, -0.2) is 4.98 Å². The minimum atomic E-state index is -0.503. The number of nitrogens with one attached hydrogen (secondary N) is 1. The molecule has 0 radical (unpaired) electrons. The Labute approximate surface area is 99.8 Å². The number of aliphatic hydroxyl groups excluding tert-OH is 1. The maximum absolute atomic E-state index is 11.1. The van der Waals surface area contributed by atoms with Crippen LogP contribution in [0.1, 0.15) is 16.8 Å². The smallest absolute Gasteiger partial charge is 0.252 e. The molecule has 6 heteroatoms. The summed E-state index contributed by atoms with van der Waals surface area (Å²) in [5.41, 5.74) is 5.59. The summed E-state index contributed by atoms with van der Waals surface area (Å²) in [6.07, 6.45) is 2.35. The molecule has 1 amide bonds. The van der Waals surface area contributed by atoms with Crippen LogP contribution in [-0.2, 0) is 4.74 Å². The van der Waals surface area contributed by atoms with E-state index in [0.29, 0.717) is 31.1 Å². The Morgan fingerprint density at radius 2 is 2.35 bits per heavy atom. The van der Waals surface area contributed by atoms with Crippen LogP contribution in [0.3, 0.4) is 0 Å². The monoisotopic (exact) mass is 239 g/mol. The molecule has 0 aliphatic carbocycles. The molecular weight excluding hydrogens is 222 g/mol. The Kier molecular flexibility index (Phi) is 5.98. The zero-order valence-electron chi connectivity index (χ0n) is 9.56. The summed E-state index contributed by atoms with van der Waals surface area (Å²) in [7, 11) is 0. The Morgan fingerprint density at radius 3 is 3.06 bits per heavy atom. The van der Waals surface area contributed by atoms with Crippen LogP contribution in [0.15, 0.2) is 18.3 Å². The zero-order valence-corrected chi connectivity index (χ0v) is 9.56. The largest absolute Gasteiger partial charge is 0.394 e. The third kappa shape index (κ3) is 4.80. The van der Waals surface area contributed by atoms with Gasteiger partial charge in [0.05, 0.1) is 18.8 Å². The van der Waals surface area contributed by atoms with Crippen molar-refractivity contribution in [2.75, 3.05) is 31.7 Å². The number of pyridine rings is 1. The topological polar surface area (TPSA) is 97.5 Å². The van der Waals surface area contributed by atoms with Crippen LogP contribution in [-0.4, -0.2) is 42.4 Å². The second kappa shape index (κ2) is 7.59. The van der Waals surface area contributed by atoms with Crippen molar-refractivity contribution < 1.29 is 14.6 Å². The Hall–Kier alpha value is -1.66. The molecule has 4 N–H and O–H groups in total. The van der Waals surface area contributed by atoms with Gasteiger partial charge in [-0.15, -0.1) is 0 Å². The highest BCUT2D eigenvalue weighted by Gasteiger charge is 2.07. The number of nitrogens with two attached hydrogens (primary N) is 1. The number of carbonyl (C=O) groups is 1. The van der Waals surface area contributed by atoms with E-state index >= 15 is 0 Å². The Balaban J connectivity index is 2.34. The third-order valence-electron chi connectivity index (χ3n) is 2.07. The van der Waals surface area contributed by atoms with Gasteiger partial charge in [-0.05, 0) is 18.6 Å². The van der Waals surface area contributed by atoms with E-state index in [4.69, 9.17) is 15.6 Å². The van der Waals surface area contributed by atoms with Crippen molar-refractivity contribution in [3.63, 3.8) is 0 Å². The van der Waals surface area contributed by atoms with Crippen molar-refractivity contribution in [3.05, 3.63) is 23.9 Å². The van der Waals surface area contributed by atoms with Crippen LogP contribution in [0.25, 0.3) is 0 Å². The van der Waals surface area contributed by atoms with Gasteiger partial charge in [-0.1, -0.05) is 0 Å². The normalized spacial score (nSPS) is 10.2. The molecule has 0 spiro atoms. The maximum atomic E-state index is 11.1. The van der Waals surface area contributed by atoms with Gasteiger partial charge in [0.2, 0.25) is 0 Å². The molecule has 0 saturated carbocycles. The molecule has 1 aromatic heterocycles. The average molecular weight is 239 g/mol. The second-order valence-corrected chi connectivity index (χ2v) is 3.38. The number of rotatable bonds is 8. The van der Waals surface area contributed by atoms with Crippen molar-refractivity contribution in [1.82, 2.24) is 4.98 Å². The molecule has 0 bridgehead atoms. The lowest BCUT2D eigenvalue weighted by molar-refractivity contribution is 0.0921.